The van der Waals surface area contributed by atoms with Crippen LogP contribution in [0.25, 0.3) is 0 Å². The zero-order valence-electron chi connectivity index (χ0n) is 3.90. The Morgan fingerprint density at radius 3 is 2.88 bits per heavy atom. The second kappa shape index (κ2) is 1.65. The maximum absolute atomic E-state index is 9.93. The zero-order valence-corrected chi connectivity index (χ0v) is 3.90. The topological polar surface area (TPSA) is 55.1 Å². The molecule has 1 heterocycles. The van der Waals surface area contributed by atoms with Crippen LogP contribution in [0.1, 0.15) is 0 Å². The van der Waals surface area contributed by atoms with Crippen LogP contribution in [0, 0.1) is 6.20 Å². The first kappa shape index (κ1) is 4.83. The Labute approximate surface area is 45.4 Å². The van der Waals surface area contributed by atoms with Gasteiger partial charge in [-0.1, -0.05) is 0 Å². The molecule has 0 amide bonds. The van der Waals surface area contributed by atoms with Gasteiger partial charge in [-0.2, -0.15) is 9.78 Å². The summed E-state index contributed by atoms with van der Waals surface area (Å²) in [5, 5.41) is 11.5. The van der Waals surface area contributed by atoms with Crippen LogP contribution in [0.5, 0.6) is 0 Å². The molecule has 41 valence electrons. The van der Waals surface area contributed by atoms with E-state index in [4.69, 9.17) is 5.11 Å². The first-order valence-corrected chi connectivity index (χ1v) is 1.96. The van der Waals surface area contributed by atoms with Crippen molar-refractivity contribution in [2.24, 2.45) is 0 Å². The quantitative estimate of drug-likeness (QED) is 0.520. The van der Waals surface area contributed by atoms with E-state index in [1.807, 2.05) is 0 Å². The number of carbonyl (C=O) groups is 1. The molecular weight excluding hydrogens is 108 g/mol. The minimum absolute atomic E-state index is 0.708. The van der Waals surface area contributed by atoms with Crippen molar-refractivity contribution in [3.63, 3.8) is 0 Å². The van der Waals surface area contributed by atoms with Crippen molar-refractivity contribution < 1.29 is 9.90 Å². The highest BCUT2D eigenvalue weighted by Crippen LogP contribution is 1.79. The first-order valence-electron chi connectivity index (χ1n) is 1.96. The van der Waals surface area contributed by atoms with Crippen LogP contribution in [0.3, 0.4) is 0 Å². The fourth-order valence-corrected chi connectivity index (χ4v) is 0.342. The van der Waals surface area contributed by atoms with Gasteiger partial charge in [0.2, 0.25) is 0 Å². The summed E-state index contributed by atoms with van der Waals surface area (Å²) < 4.78 is 0.708. The van der Waals surface area contributed by atoms with Gasteiger partial charge < -0.3 is 5.11 Å². The average Bonchev–Trinajstić information content (AvgIpc) is 2.12. The van der Waals surface area contributed by atoms with Crippen LogP contribution < -0.4 is 0 Å². The first-order chi connectivity index (χ1) is 3.80. The zero-order chi connectivity index (χ0) is 5.98. The predicted molar refractivity (Wildman–Crippen MR) is 24.5 cm³/mol. The lowest BCUT2D eigenvalue weighted by atomic mass is 10.8. The molecule has 1 N–H and O–H groups in total. The highest BCUT2D eigenvalue weighted by Gasteiger charge is 1.95. The van der Waals surface area contributed by atoms with Gasteiger partial charge in [-0.05, 0) is 6.07 Å². The summed E-state index contributed by atoms with van der Waals surface area (Å²) in [4.78, 5) is 9.93. The van der Waals surface area contributed by atoms with Crippen LogP contribution in [0.2, 0.25) is 0 Å². The summed E-state index contributed by atoms with van der Waals surface area (Å²) in [6.45, 7) is 0. The molecule has 0 aromatic carbocycles. The van der Waals surface area contributed by atoms with Crippen molar-refractivity contribution in [3.05, 3.63) is 18.5 Å². The normalized spacial score (nSPS) is 9.00. The fraction of sp³-hybridized carbons (Fsp3) is 0. The second-order valence-electron chi connectivity index (χ2n) is 1.15. The molecule has 0 saturated carbocycles. The molecule has 0 aliphatic rings. The van der Waals surface area contributed by atoms with Gasteiger partial charge in [0.1, 0.15) is 0 Å². The lowest BCUT2D eigenvalue weighted by Gasteiger charge is -1.84. The Balaban J connectivity index is 2.93. The third-order valence-corrected chi connectivity index (χ3v) is 0.635. The van der Waals surface area contributed by atoms with Crippen molar-refractivity contribution in [1.82, 2.24) is 9.78 Å². The van der Waals surface area contributed by atoms with E-state index >= 15 is 0 Å². The van der Waals surface area contributed by atoms with Gasteiger partial charge in [0, 0.05) is 0 Å². The summed E-state index contributed by atoms with van der Waals surface area (Å²) >= 11 is 0. The highest BCUT2D eigenvalue weighted by atomic mass is 16.4. The van der Waals surface area contributed by atoms with Crippen molar-refractivity contribution in [2.45, 2.75) is 0 Å². The molecule has 0 fully saturated rings. The van der Waals surface area contributed by atoms with E-state index in [9.17, 15) is 4.79 Å². The third-order valence-electron chi connectivity index (χ3n) is 0.635. The van der Waals surface area contributed by atoms with E-state index in [-0.39, 0.29) is 0 Å². The number of aromatic nitrogens is 2. The molecule has 0 unspecified atom stereocenters. The minimum Gasteiger partial charge on any atom is -0.463 e. The van der Waals surface area contributed by atoms with Crippen LogP contribution >= 0.6 is 0 Å². The molecular formula is C4H3N2O2. The monoisotopic (exact) mass is 111 g/mol. The Morgan fingerprint density at radius 2 is 2.62 bits per heavy atom. The van der Waals surface area contributed by atoms with Gasteiger partial charge in [-0.25, -0.2) is 4.79 Å². The molecule has 0 saturated heterocycles. The molecule has 1 aromatic heterocycles. The molecule has 1 rings (SSSR count). The number of hydrogen-bond donors (Lipinski definition) is 1. The van der Waals surface area contributed by atoms with Gasteiger partial charge in [0.05, 0.1) is 12.4 Å². The molecule has 4 nitrogen and oxygen atoms in total. The van der Waals surface area contributed by atoms with Gasteiger partial charge >= 0.3 is 6.09 Å². The Hall–Kier alpha value is -1.32. The molecule has 1 radical (unpaired) electrons. The smallest absolute Gasteiger partial charge is 0.432 e. The Bertz CT molecular complexity index is 180. The van der Waals surface area contributed by atoms with Gasteiger partial charge in [0.15, 0.2) is 0 Å². The summed E-state index contributed by atoms with van der Waals surface area (Å²) in [5.41, 5.74) is 0. The van der Waals surface area contributed by atoms with E-state index in [1.165, 1.54) is 12.3 Å². The summed E-state index contributed by atoms with van der Waals surface area (Å²) in [6, 6.07) is 1.42. The van der Waals surface area contributed by atoms with E-state index in [0.717, 1.165) is 0 Å². The summed E-state index contributed by atoms with van der Waals surface area (Å²) in [6.07, 6.45) is 2.58. The standard InChI is InChI=1S/C4H3N2O2/c7-4(8)6-3-1-2-5-6/h1-2H,(H,7,8). The molecule has 0 atom stereocenters. The molecule has 8 heavy (non-hydrogen) atoms. The number of hydrogen-bond acceptors (Lipinski definition) is 2. The summed E-state index contributed by atoms with van der Waals surface area (Å²) in [7, 11) is 0. The van der Waals surface area contributed by atoms with Crippen molar-refractivity contribution in [2.75, 3.05) is 0 Å². The van der Waals surface area contributed by atoms with Crippen LogP contribution in [0.15, 0.2) is 12.3 Å². The maximum atomic E-state index is 9.93. The second-order valence-corrected chi connectivity index (χ2v) is 1.15. The molecule has 4 heteroatoms. The fourth-order valence-electron chi connectivity index (χ4n) is 0.342. The van der Waals surface area contributed by atoms with Crippen molar-refractivity contribution in [3.8, 4) is 0 Å². The van der Waals surface area contributed by atoms with Crippen LogP contribution in [0.4, 0.5) is 4.79 Å². The molecule has 0 bridgehead atoms. The highest BCUT2D eigenvalue weighted by molar-refractivity contribution is 5.66. The van der Waals surface area contributed by atoms with E-state index in [0.29, 0.717) is 4.68 Å². The number of nitrogens with zero attached hydrogens (tertiary/aromatic N) is 2. The van der Waals surface area contributed by atoms with Gasteiger partial charge in [0.25, 0.3) is 0 Å². The Kier molecular flexibility index (Phi) is 0.997. The minimum atomic E-state index is -1.12. The Morgan fingerprint density at radius 1 is 1.88 bits per heavy atom. The van der Waals surface area contributed by atoms with E-state index in [1.54, 1.807) is 0 Å². The van der Waals surface area contributed by atoms with E-state index < -0.39 is 6.09 Å². The average molecular weight is 111 g/mol. The van der Waals surface area contributed by atoms with Crippen LogP contribution in [-0.2, 0) is 0 Å². The maximum Gasteiger partial charge on any atom is 0.432 e. The predicted octanol–water partition coefficient (Wildman–Crippen LogP) is 0.209. The van der Waals surface area contributed by atoms with Gasteiger partial charge in [-0.15, -0.1) is 0 Å². The third kappa shape index (κ3) is 0.676. The SMILES string of the molecule is O=C(O)n1[c]ccn1. The van der Waals surface area contributed by atoms with Crippen molar-refractivity contribution >= 4 is 6.09 Å². The number of rotatable bonds is 0. The number of carboxylic acid groups (broad SMARTS) is 1. The van der Waals surface area contributed by atoms with Crippen molar-refractivity contribution in [1.29, 1.82) is 0 Å². The lowest BCUT2D eigenvalue weighted by molar-refractivity contribution is 0.192. The largest absolute Gasteiger partial charge is 0.463 e. The molecule has 0 spiro atoms. The summed E-state index contributed by atoms with van der Waals surface area (Å²) in [5.74, 6) is 0. The molecule has 1 aromatic rings. The van der Waals surface area contributed by atoms with Gasteiger partial charge in [-0.3, -0.25) is 0 Å². The van der Waals surface area contributed by atoms with Crippen LogP contribution in [-0.4, -0.2) is 21.0 Å². The molecule has 0 aliphatic heterocycles. The lowest BCUT2D eigenvalue weighted by Crippen LogP contribution is -2.07. The van der Waals surface area contributed by atoms with E-state index in [2.05, 4.69) is 11.3 Å². The molecule has 0 aliphatic carbocycles.